The molecular formula is C10H8ClFN2O3. The van der Waals surface area contributed by atoms with Crippen LogP contribution < -0.4 is 10.5 Å². The Kier molecular flexibility index (Phi) is 2.81. The highest BCUT2D eigenvalue weighted by molar-refractivity contribution is 6.31. The van der Waals surface area contributed by atoms with Crippen LogP contribution in [0.5, 0.6) is 11.5 Å². The standard InChI is InChI=1S/C10H8ClFN2O3/c1-16-10-8(12)5(11)2-4(9(10)15)6-3-7(13)17-14-6/h2-3,15H,13H2,1H3. The summed E-state index contributed by atoms with van der Waals surface area (Å²) in [6.07, 6.45) is 0. The van der Waals surface area contributed by atoms with Crippen molar-refractivity contribution in [3.8, 4) is 22.8 Å². The van der Waals surface area contributed by atoms with Crippen molar-refractivity contribution >= 4 is 17.5 Å². The predicted molar refractivity (Wildman–Crippen MR) is 59.5 cm³/mol. The van der Waals surface area contributed by atoms with E-state index in [0.717, 1.165) is 0 Å². The molecule has 1 aromatic heterocycles. The summed E-state index contributed by atoms with van der Waals surface area (Å²) in [6.45, 7) is 0. The first-order valence-electron chi connectivity index (χ1n) is 4.52. The number of aromatic hydroxyl groups is 1. The third-order valence-electron chi connectivity index (χ3n) is 2.16. The molecule has 17 heavy (non-hydrogen) atoms. The van der Waals surface area contributed by atoms with Gasteiger partial charge in [0.05, 0.1) is 17.7 Å². The fourth-order valence-electron chi connectivity index (χ4n) is 1.39. The van der Waals surface area contributed by atoms with E-state index < -0.39 is 11.6 Å². The van der Waals surface area contributed by atoms with Crippen molar-refractivity contribution in [2.24, 2.45) is 0 Å². The van der Waals surface area contributed by atoms with Gasteiger partial charge in [-0.2, -0.15) is 0 Å². The molecule has 7 heteroatoms. The van der Waals surface area contributed by atoms with Gasteiger partial charge >= 0.3 is 0 Å². The van der Waals surface area contributed by atoms with E-state index in [1.54, 1.807) is 0 Å². The fourth-order valence-corrected chi connectivity index (χ4v) is 1.59. The summed E-state index contributed by atoms with van der Waals surface area (Å²) < 4.78 is 22.9. The van der Waals surface area contributed by atoms with Crippen LogP contribution in [0.2, 0.25) is 5.02 Å². The molecule has 2 rings (SSSR count). The Morgan fingerprint density at radius 3 is 2.76 bits per heavy atom. The lowest BCUT2D eigenvalue weighted by atomic mass is 10.1. The van der Waals surface area contributed by atoms with Crippen LogP contribution in [0.25, 0.3) is 11.3 Å². The quantitative estimate of drug-likeness (QED) is 0.865. The molecule has 2 aromatic rings. The van der Waals surface area contributed by atoms with E-state index in [1.165, 1.54) is 19.2 Å². The highest BCUT2D eigenvalue weighted by Gasteiger charge is 2.20. The van der Waals surface area contributed by atoms with Crippen LogP contribution in [0, 0.1) is 5.82 Å². The molecule has 3 N–H and O–H groups in total. The molecule has 90 valence electrons. The molecule has 1 heterocycles. The molecule has 0 radical (unpaired) electrons. The summed E-state index contributed by atoms with van der Waals surface area (Å²) >= 11 is 5.67. The van der Waals surface area contributed by atoms with Gasteiger partial charge in [-0.1, -0.05) is 16.8 Å². The van der Waals surface area contributed by atoms with E-state index in [0.29, 0.717) is 0 Å². The summed E-state index contributed by atoms with van der Waals surface area (Å²) in [5.74, 6) is -1.54. The SMILES string of the molecule is COc1c(O)c(-c2cc(N)on2)cc(Cl)c1F. The number of hydrogen-bond acceptors (Lipinski definition) is 5. The summed E-state index contributed by atoms with van der Waals surface area (Å²) in [7, 11) is 1.22. The summed E-state index contributed by atoms with van der Waals surface area (Å²) in [5.41, 5.74) is 5.77. The van der Waals surface area contributed by atoms with Gasteiger partial charge in [-0.15, -0.1) is 0 Å². The molecule has 0 saturated carbocycles. The molecule has 0 atom stereocenters. The van der Waals surface area contributed by atoms with Crippen LogP contribution in [0.1, 0.15) is 0 Å². The van der Waals surface area contributed by atoms with Gasteiger partial charge in [-0.05, 0) is 6.07 Å². The lowest BCUT2D eigenvalue weighted by Crippen LogP contribution is -1.92. The largest absolute Gasteiger partial charge is 0.504 e. The first-order valence-corrected chi connectivity index (χ1v) is 4.90. The van der Waals surface area contributed by atoms with E-state index in [-0.39, 0.29) is 27.9 Å². The molecule has 0 aliphatic rings. The molecule has 1 aromatic carbocycles. The number of nitrogens with zero attached hydrogens (tertiary/aromatic N) is 1. The second kappa shape index (κ2) is 4.14. The number of hydrogen-bond donors (Lipinski definition) is 2. The maximum Gasteiger partial charge on any atom is 0.222 e. The summed E-state index contributed by atoms with van der Waals surface area (Å²) in [6, 6.07) is 2.59. The second-order valence-corrected chi connectivity index (χ2v) is 3.62. The van der Waals surface area contributed by atoms with Crippen LogP contribution in [0.3, 0.4) is 0 Å². The molecule has 0 unspecified atom stereocenters. The molecule has 0 saturated heterocycles. The molecule has 0 spiro atoms. The highest BCUT2D eigenvalue weighted by Crippen LogP contribution is 2.42. The Hall–Kier alpha value is -1.95. The molecule has 5 nitrogen and oxygen atoms in total. The van der Waals surface area contributed by atoms with Crippen molar-refractivity contribution in [1.29, 1.82) is 0 Å². The maximum absolute atomic E-state index is 13.5. The molecule has 0 bridgehead atoms. The van der Waals surface area contributed by atoms with Gasteiger partial charge in [0.25, 0.3) is 0 Å². The van der Waals surface area contributed by atoms with Crippen molar-refractivity contribution in [2.45, 2.75) is 0 Å². The molecule has 0 aliphatic carbocycles. The monoisotopic (exact) mass is 258 g/mol. The Morgan fingerprint density at radius 1 is 1.53 bits per heavy atom. The number of benzene rings is 1. The van der Waals surface area contributed by atoms with Crippen LogP contribution >= 0.6 is 11.6 Å². The number of halogens is 2. The number of aromatic nitrogens is 1. The highest BCUT2D eigenvalue weighted by atomic mass is 35.5. The Morgan fingerprint density at radius 2 is 2.24 bits per heavy atom. The number of phenols is 1. The lowest BCUT2D eigenvalue weighted by molar-refractivity contribution is 0.352. The van der Waals surface area contributed by atoms with Gasteiger partial charge in [0.1, 0.15) is 5.69 Å². The fraction of sp³-hybridized carbons (Fsp3) is 0.100. The first-order chi connectivity index (χ1) is 8.04. The number of rotatable bonds is 2. The minimum Gasteiger partial charge on any atom is -0.504 e. The van der Waals surface area contributed by atoms with Crippen molar-refractivity contribution < 1.29 is 18.8 Å². The first kappa shape index (κ1) is 11.5. The number of anilines is 1. The maximum atomic E-state index is 13.5. The molecule has 0 aliphatic heterocycles. The van der Waals surface area contributed by atoms with Crippen molar-refractivity contribution in [1.82, 2.24) is 5.16 Å². The van der Waals surface area contributed by atoms with E-state index >= 15 is 0 Å². The average Bonchev–Trinajstić information content (AvgIpc) is 2.71. The zero-order valence-electron chi connectivity index (χ0n) is 8.70. The number of ether oxygens (including phenoxy) is 1. The van der Waals surface area contributed by atoms with Gasteiger partial charge < -0.3 is 20.1 Å². The molecular weight excluding hydrogens is 251 g/mol. The van der Waals surface area contributed by atoms with Gasteiger partial charge in [0.2, 0.25) is 5.88 Å². The zero-order chi connectivity index (χ0) is 12.6. The summed E-state index contributed by atoms with van der Waals surface area (Å²) in [4.78, 5) is 0. The van der Waals surface area contributed by atoms with E-state index in [1.807, 2.05) is 0 Å². The minimum absolute atomic E-state index is 0.0683. The normalized spacial score (nSPS) is 10.5. The smallest absolute Gasteiger partial charge is 0.222 e. The minimum atomic E-state index is -0.841. The van der Waals surface area contributed by atoms with Gasteiger partial charge in [-0.3, -0.25) is 0 Å². The third-order valence-corrected chi connectivity index (χ3v) is 2.43. The van der Waals surface area contributed by atoms with E-state index in [4.69, 9.17) is 22.1 Å². The summed E-state index contributed by atoms with van der Waals surface area (Å²) in [5, 5.41) is 13.2. The second-order valence-electron chi connectivity index (χ2n) is 3.22. The van der Waals surface area contributed by atoms with Crippen LogP contribution in [-0.4, -0.2) is 17.4 Å². The van der Waals surface area contributed by atoms with Gasteiger partial charge in [-0.25, -0.2) is 4.39 Å². The molecule has 0 amide bonds. The van der Waals surface area contributed by atoms with Crippen molar-refractivity contribution in [3.05, 3.63) is 23.0 Å². The topological polar surface area (TPSA) is 81.5 Å². The number of nitrogens with two attached hydrogens (primary N) is 1. The van der Waals surface area contributed by atoms with E-state index in [2.05, 4.69) is 9.68 Å². The Labute approximate surface area is 101 Å². The number of methoxy groups -OCH3 is 1. The van der Waals surface area contributed by atoms with Crippen LogP contribution in [0.15, 0.2) is 16.7 Å². The predicted octanol–water partition coefficient (Wildman–Crippen LogP) is 2.43. The van der Waals surface area contributed by atoms with Gasteiger partial charge in [0, 0.05) is 6.07 Å². The zero-order valence-corrected chi connectivity index (χ0v) is 9.45. The Bertz CT molecular complexity index is 571. The van der Waals surface area contributed by atoms with Gasteiger partial charge in [0.15, 0.2) is 17.3 Å². The van der Waals surface area contributed by atoms with Crippen molar-refractivity contribution in [2.75, 3.05) is 12.8 Å². The van der Waals surface area contributed by atoms with E-state index in [9.17, 15) is 9.50 Å². The average molecular weight is 259 g/mol. The number of phenolic OH excluding ortho intramolecular Hbond substituents is 1. The number of nitrogen functional groups attached to an aromatic ring is 1. The lowest BCUT2D eigenvalue weighted by Gasteiger charge is -2.09. The third kappa shape index (κ3) is 1.87. The Balaban J connectivity index is 2.67. The van der Waals surface area contributed by atoms with Crippen molar-refractivity contribution in [3.63, 3.8) is 0 Å². The van der Waals surface area contributed by atoms with Crippen LogP contribution in [0.4, 0.5) is 10.3 Å². The molecule has 0 fully saturated rings. The van der Waals surface area contributed by atoms with Crippen LogP contribution in [-0.2, 0) is 0 Å².